The van der Waals surface area contributed by atoms with Crippen molar-refractivity contribution in [1.82, 2.24) is 30.1 Å². The molecular formula is C21H28N6O2S. The monoisotopic (exact) mass is 428 g/mol. The zero-order valence-electron chi connectivity index (χ0n) is 17.5. The Balaban J connectivity index is 1.19. The molecule has 0 aliphatic carbocycles. The molecule has 160 valence electrons. The number of piperazine rings is 1. The topological polar surface area (TPSA) is 91.2 Å². The summed E-state index contributed by atoms with van der Waals surface area (Å²) in [6.45, 7) is 8.48. The SMILES string of the molecule is CC(C)Cc1cc(C(=O)N2CCN(CCCc3nc(-c4cccs4)no3)CC2)n[nH]1. The molecule has 0 atom stereocenters. The number of carbonyl (C=O) groups is 1. The number of nitrogens with zero attached hydrogens (tertiary/aromatic N) is 5. The summed E-state index contributed by atoms with van der Waals surface area (Å²) in [5.74, 6) is 1.91. The van der Waals surface area contributed by atoms with Crippen LogP contribution < -0.4 is 0 Å². The highest BCUT2D eigenvalue weighted by molar-refractivity contribution is 7.13. The van der Waals surface area contributed by atoms with Crippen molar-refractivity contribution in [3.05, 3.63) is 40.9 Å². The molecule has 1 aliphatic rings. The van der Waals surface area contributed by atoms with Gasteiger partial charge in [0.1, 0.15) is 5.69 Å². The second-order valence-electron chi connectivity index (χ2n) is 8.10. The summed E-state index contributed by atoms with van der Waals surface area (Å²) in [4.78, 5) is 22.5. The number of H-pyrrole nitrogens is 1. The van der Waals surface area contributed by atoms with Crippen molar-refractivity contribution in [2.45, 2.75) is 33.1 Å². The number of amides is 1. The molecule has 1 amide bonds. The molecule has 0 radical (unpaired) electrons. The molecule has 9 heteroatoms. The highest BCUT2D eigenvalue weighted by Gasteiger charge is 2.24. The summed E-state index contributed by atoms with van der Waals surface area (Å²) < 4.78 is 5.37. The van der Waals surface area contributed by atoms with Crippen molar-refractivity contribution in [2.75, 3.05) is 32.7 Å². The van der Waals surface area contributed by atoms with E-state index in [9.17, 15) is 4.79 Å². The van der Waals surface area contributed by atoms with Crippen LogP contribution in [0.25, 0.3) is 10.7 Å². The number of aryl methyl sites for hydroxylation is 1. The Bertz CT molecular complexity index is 941. The first-order valence-corrected chi connectivity index (χ1v) is 11.4. The number of thiophene rings is 1. The largest absolute Gasteiger partial charge is 0.339 e. The van der Waals surface area contributed by atoms with Gasteiger partial charge in [-0.1, -0.05) is 25.1 Å². The van der Waals surface area contributed by atoms with E-state index in [1.54, 1.807) is 11.3 Å². The van der Waals surface area contributed by atoms with E-state index < -0.39 is 0 Å². The lowest BCUT2D eigenvalue weighted by Crippen LogP contribution is -2.49. The molecule has 1 saturated heterocycles. The molecule has 8 nitrogen and oxygen atoms in total. The number of rotatable bonds is 8. The van der Waals surface area contributed by atoms with Crippen LogP contribution in [0.3, 0.4) is 0 Å². The summed E-state index contributed by atoms with van der Waals surface area (Å²) in [7, 11) is 0. The standard InChI is InChI=1S/C21H28N6O2S/c1-15(2)13-16-14-17(24-23-16)21(28)27-10-8-26(9-11-27)7-3-6-19-22-20(25-29-19)18-5-4-12-30-18/h4-5,12,14-15H,3,6-11,13H2,1-2H3,(H,23,24). The lowest BCUT2D eigenvalue weighted by atomic mass is 10.1. The number of hydrogen-bond acceptors (Lipinski definition) is 7. The first kappa shape index (κ1) is 20.7. The molecule has 4 rings (SSSR count). The van der Waals surface area contributed by atoms with Gasteiger partial charge in [-0.25, -0.2) is 0 Å². The zero-order chi connectivity index (χ0) is 20.9. The highest BCUT2D eigenvalue weighted by Crippen LogP contribution is 2.21. The minimum Gasteiger partial charge on any atom is -0.339 e. The molecule has 1 N–H and O–H groups in total. The predicted octanol–water partition coefficient (Wildman–Crippen LogP) is 3.11. The molecule has 0 unspecified atom stereocenters. The molecule has 0 saturated carbocycles. The molecule has 4 heterocycles. The lowest BCUT2D eigenvalue weighted by molar-refractivity contribution is 0.0629. The van der Waals surface area contributed by atoms with Crippen LogP contribution in [0.4, 0.5) is 0 Å². The summed E-state index contributed by atoms with van der Waals surface area (Å²) >= 11 is 1.61. The van der Waals surface area contributed by atoms with Crippen LogP contribution in [0.2, 0.25) is 0 Å². The van der Waals surface area contributed by atoms with Crippen molar-refractivity contribution in [3.8, 4) is 10.7 Å². The quantitative estimate of drug-likeness (QED) is 0.593. The fourth-order valence-corrected chi connectivity index (χ4v) is 4.32. The van der Waals surface area contributed by atoms with Gasteiger partial charge in [-0.15, -0.1) is 11.3 Å². The fraction of sp³-hybridized carbons (Fsp3) is 0.524. The molecule has 3 aromatic heterocycles. The molecule has 3 aromatic rings. The van der Waals surface area contributed by atoms with Gasteiger partial charge >= 0.3 is 0 Å². The van der Waals surface area contributed by atoms with E-state index in [-0.39, 0.29) is 5.91 Å². The third-order valence-corrected chi connectivity index (χ3v) is 6.08. The Morgan fingerprint density at radius 1 is 1.30 bits per heavy atom. The Hall–Kier alpha value is -2.52. The number of hydrogen-bond donors (Lipinski definition) is 1. The van der Waals surface area contributed by atoms with Crippen molar-refractivity contribution in [1.29, 1.82) is 0 Å². The Morgan fingerprint density at radius 3 is 2.87 bits per heavy atom. The van der Waals surface area contributed by atoms with E-state index in [0.717, 1.165) is 62.6 Å². The fourth-order valence-electron chi connectivity index (χ4n) is 3.67. The van der Waals surface area contributed by atoms with Crippen LogP contribution in [0, 0.1) is 5.92 Å². The molecular weight excluding hydrogens is 400 g/mol. The Kier molecular flexibility index (Phi) is 6.59. The van der Waals surface area contributed by atoms with E-state index in [0.29, 0.717) is 23.3 Å². The van der Waals surface area contributed by atoms with Crippen molar-refractivity contribution in [2.24, 2.45) is 5.92 Å². The van der Waals surface area contributed by atoms with E-state index >= 15 is 0 Å². The maximum atomic E-state index is 12.7. The van der Waals surface area contributed by atoms with Gasteiger partial charge in [0, 0.05) is 38.3 Å². The molecule has 30 heavy (non-hydrogen) atoms. The minimum absolute atomic E-state index is 0.0212. The Morgan fingerprint density at radius 2 is 2.13 bits per heavy atom. The van der Waals surface area contributed by atoms with Gasteiger partial charge in [-0.3, -0.25) is 14.8 Å². The maximum Gasteiger partial charge on any atom is 0.274 e. The molecule has 0 spiro atoms. The maximum absolute atomic E-state index is 12.7. The van der Waals surface area contributed by atoms with Crippen molar-refractivity contribution >= 4 is 17.2 Å². The normalized spacial score (nSPS) is 15.2. The van der Waals surface area contributed by atoms with Crippen LogP contribution in [0.1, 0.15) is 42.3 Å². The van der Waals surface area contributed by atoms with Gasteiger partial charge in [-0.2, -0.15) is 10.1 Å². The van der Waals surface area contributed by atoms with E-state index in [1.807, 2.05) is 28.5 Å². The Labute approximate surface area is 180 Å². The van der Waals surface area contributed by atoms with E-state index in [1.165, 1.54) is 0 Å². The predicted molar refractivity (Wildman–Crippen MR) is 115 cm³/mol. The average Bonchev–Trinajstić information content (AvgIpc) is 3.49. The number of nitrogens with one attached hydrogen (secondary N) is 1. The van der Waals surface area contributed by atoms with Crippen LogP contribution >= 0.6 is 11.3 Å². The van der Waals surface area contributed by atoms with Gasteiger partial charge in [-0.05, 0) is 42.8 Å². The number of aromatic amines is 1. The number of aromatic nitrogens is 4. The average molecular weight is 429 g/mol. The summed E-state index contributed by atoms with van der Waals surface area (Å²) in [5.41, 5.74) is 1.55. The van der Waals surface area contributed by atoms with Crippen LogP contribution in [-0.2, 0) is 12.8 Å². The summed E-state index contributed by atoms with van der Waals surface area (Å²) in [6, 6.07) is 5.87. The van der Waals surface area contributed by atoms with Gasteiger partial charge in [0.25, 0.3) is 5.91 Å². The zero-order valence-corrected chi connectivity index (χ0v) is 18.3. The summed E-state index contributed by atoms with van der Waals surface area (Å²) in [5, 5.41) is 13.3. The highest BCUT2D eigenvalue weighted by atomic mass is 32.1. The van der Waals surface area contributed by atoms with Gasteiger partial charge in [0.15, 0.2) is 0 Å². The smallest absolute Gasteiger partial charge is 0.274 e. The van der Waals surface area contributed by atoms with Crippen LogP contribution in [-0.4, -0.2) is 68.8 Å². The second-order valence-corrected chi connectivity index (χ2v) is 9.05. The van der Waals surface area contributed by atoms with Crippen molar-refractivity contribution < 1.29 is 9.32 Å². The van der Waals surface area contributed by atoms with Gasteiger partial charge in [0.2, 0.25) is 11.7 Å². The molecule has 0 aromatic carbocycles. The first-order valence-electron chi connectivity index (χ1n) is 10.5. The third-order valence-electron chi connectivity index (χ3n) is 5.21. The molecule has 1 fully saturated rings. The van der Waals surface area contributed by atoms with Crippen LogP contribution in [0.5, 0.6) is 0 Å². The number of carbonyl (C=O) groups excluding carboxylic acids is 1. The summed E-state index contributed by atoms with van der Waals surface area (Å²) in [6.07, 6.45) is 2.63. The third kappa shape index (κ3) is 5.14. The lowest BCUT2D eigenvalue weighted by Gasteiger charge is -2.34. The van der Waals surface area contributed by atoms with Gasteiger partial charge < -0.3 is 9.42 Å². The van der Waals surface area contributed by atoms with Crippen molar-refractivity contribution in [3.63, 3.8) is 0 Å². The molecule has 0 bridgehead atoms. The second kappa shape index (κ2) is 9.53. The van der Waals surface area contributed by atoms with Crippen LogP contribution in [0.15, 0.2) is 28.1 Å². The van der Waals surface area contributed by atoms with E-state index in [2.05, 4.69) is 39.1 Å². The van der Waals surface area contributed by atoms with E-state index in [4.69, 9.17) is 4.52 Å². The van der Waals surface area contributed by atoms with Gasteiger partial charge in [0.05, 0.1) is 4.88 Å². The molecule has 1 aliphatic heterocycles. The first-order chi connectivity index (χ1) is 14.6. The minimum atomic E-state index is 0.0212.